The SMILES string of the molecule is COc1ccc(N)cc1COc1ccc(Br)cc1C. The number of nitrogens with two attached hydrogens (primary N) is 1. The number of ether oxygens (including phenoxy) is 2. The van der Waals surface area contributed by atoms with E-state index in [1.807, 2.05) is 43.3 Å². The first-order chi connectivity index (χ1) is 9.10. The fourth-order valence-electron chi connectivity index (χ4n) is 1.84. The largest absolute Gasteiger partial charge is 0.496 e. The van der Waals surface area contributed by atoms with Gasteiger partial charge in [0.1, 0.15) is 18.1 Å². The van der Waals surface area contributed by atoms with Gasteiger partial charge in [-0.25, -0.2) is 0 Å². The normalized spacial score (nSPS) is 10.3. The van der Waals surface area contributed by atoms with Crippen LogP contribution in [-0.2, 0) is 6.61 Å². The Labute approximate surface area is 121 Å². The Morgan fingerprint density at radius 1 is 1.11 bits per heavy atom. The molecule has 0 bridgehead atoms. The molecule has 2 N–H and O–H groups in total. The molecule has 2 aromatic rings. The number of benzene rings is 2. The standard InChI is InChI=1S/C15H16BrNO2/c1-10-7-12(16)3-5-14(10)19-9-11-8-13(17)4-6-15(11)18-2/h3-8H,9,17H2,1-2H3. The van der Waals surface area contributed by atoms with E-state index in [0.29, 0.717) is 12.3 Å². The third-order valence-electron chi connectivity index (χ3n) is 2.82. The lowest BCUT2D eigenvalue weighted by molar-refractivity contribution is 0.295. The predicted octanol–water partition coefficient (Wildman–Crippen LogP) is 3.93. The van der Waals surface area contributed by atoms with E-state index in [0.717, 1.165) is 27.1 Å². The summed E-state index contributed by atoms with van der Waals surface area (Å²) in [5.74, 6) is 1.64. The van der Waals surface area contributed by atoms with Gasteiger partial charge in [-0.1, -0.05) is 15.9 Å². The van der Waals surface area contributed by atoms with Crippen LogP contribution in [0.5, 0.6) is 11.5 Å². The molecule has 0 saturated heterocycles. The second kappa shape index (κ2) is 5.97. The lowest BCUT2D eigenvalue weighted by atomic mass is 10.2. The van der Waals surface area contributed by atoms with Crippen molar-refractivity contribution in [1.29, 1.82) is 0 Å². The number of aryl methyl sites for hydroxylation is 1. The van der Waals surface area contributed by atoms with Crippen molar-refractivity contribution >= 4 is 21.6 Å². The second-order valence-corrected chi connectivity index (χ2v) is 5.19. The molecule has 100 valence electrons. The van der Waals surface area contributed by atoms with Gasteiger partial charge in [-0.05, 0) is 48.9 Å². The quantitative estimate of drug-likeness (QED) is 0.868. The molecule has 2 aromatic carbocycles. The third-order valence-corrected chi connectivity index (χ3v) is 3.32. The highest BCUT2D eigenvalue weighted by Gasteiger charge is 2.06. The molecular weight excluding hydrogens is 306 g/mol. The van der Waals surface area contributed by atoms with Crippen LogP contribution in [0.2, 0.25) is 0 Å². The Morgan fingerprint density at radius 3 is 2.53 bits per heavy atom. The monoisotopic (exact) mass is 321 g/mol. The van der Waals surface area contributed by atoms with Crippen molar-refractivity contribution in [3.63, 3.8) is 0 Å². The summed E-state index contributed by atoms with van der Waals surface area (Å²) in [7, 11) is 1.64. The number of rotatable bonds is 4. The number of nitrogen functional groups attached to an aromatic ring is 1. The maximum absolute atomic E-state index is 5.82. The smallest absolute Gasteiger partial charge is 0.125 e. The fourth-order valence-corrected chi connectivity index (χ4v) is 2.32. The van der Waals surface area contributed by atoms with E-state index in [2.05, 4.69) is 15.9 Å². The van der Waals surface area contributed by atoms with Gasteiger partial charge >= 0.3 is 0 Å². The van der Waals surface area contributed by atoms with Crippen LogP contribution in [0.1, 0.15) is 11.1 Å². The second-order valence-electron chi connectivity index (χ2n) is 4.27. The van der Waals surface area contributed by atoms with Gasteiger partial charge in [0.05, 0.1) is 7.11 Å². The van der Waals surface area contributed by atoms with Crippen LogP contribution in [0.4, 0.5) is 5.69 Å². The topological polar surface area (TPSA) is 44.5 Å². The van der Waals surface area contributed by atoms with Crippen molar-refractivity contribution in [2.45, 2.75) is 13.5 Å². The summed E-state index contributed by atoms with van der Waals surface area (Å²) in [6.45, 7) is 2.44. The molecule has 4 heteroatoms. The van der Waals surface area contributed by atoms with Gasteiger partial charge in [-0.3, -0.25) is 0 Å². The van der Waals surface area contributed by atoms with Gasteiger partial charge in [0.15, 0.2) is 0 Å². The van der Waals surface area contributed by atoms with Gasteiger partial charge < -0.3 is 15.2 Å². The third kappa shape index (κ3) is 3.41. The average Bonchev–Trinajstić information content (AvgIpc) is 2.38. The van der Waals surface area contributed by atoms with Gasteiger partial charge in [0.2, 0.25) is 0 Å². The summed E-state index contributed by atoms with van der Waals surface area (Å²) < 4.78 is 12.2. The number of hydrogen-bond donors (Lipinski definition) is 1. The van der Waals surface area contributed by atoms with E-state index in [4.69, 9.17) is 15.2 Å². The molecule has 0 aliphatic rings. The molecule has 0 fully saturated rings. The van der Waals surface area contributed by atoms with Crippen molar-refractivity contribution in [1.82, 2.24) is 0 Å². The lowest BCUT2D eigenvalue weighted by Crippen LogP contribution is -2.01. The highest BCUT2D eigenvalue weighted by atomic mass is 79.9. The molecule has 2 rings (SSSR count). The minimum atomic E-state index is 0.427. The Balaban J connectivity index is 2.16. The minimum Gasteiger partial charge on any atom is -0.496 e. The van der Waals surface area contributed by atoms with Crippen LogP contribution in [0.25, 0.3) is 0 Å². The van der Waals surface area contributed by atoms with Crippen molar-refractivity contribution < 1.29 is 9.47 Å². The lowest BCUT2D eigenvalue weighted by Gasteiger charge is -2.12. The molecule has 0 radical (unpaired) electrons. The fraction of sp³-hybridized carbons (Fsp3) is 0.200. The summed E-state index contributed by atoms with van der Waals surface area (Å²) in [6.07, 6.45) is 0. The molecule has 0 amide bonds. The first-order valence-corrected chi connectivity index (χ1v) is 6.71. The van der Waals surface area contributed by atoms with Crippen molar-refractivity contribution in [3.05, 3.63) is 52.0 Å². The summed E-state index contributed by atoms with van der Waals surface area (Å²) in [6, 6.07) is 11.5. The van der Waals surface area contributed by atoms with E-state index in [1.54, 1.807) is 7.11 Å². The van der Waals surface area contributed by atoms with Crippen molar-refractivity contribution in [3.8, 4) is 11.5 Å². The number of anilines is 1. The zero-order valence-electron chi connectivity index (χ0n) is 10.9. The van der Waals surface area contributed by atoms with Gasteiger partial charge in [0, 0.05) is 15.7 Å². The highest BCUT2D eigenvalue weighted by molar-refractivity contribution is 9.10. The van der Waals surface area contributed by atoms with E-state index in [9.17, 15) is 0 Å². The molecular formula is C15H16BrNO2. The maximum atomic E-state index is 5.82. The van der Waals surface area contributed by atoms with Crippen LogP contribution < -0.4 is 15.2 Å². The van der Waals surface area contributed by atoms with Crippen LogP contribution in [0.15, 0.2) is 40.9 Å². The summed E-state index contributed by atoms with van der Waals surface area (Å²) in [5, 5.41) is 0. The van der Waals surface area contributed by atoms with Crippen LogP contribution in [0.3, 0.4) is 0 Å². The molecule has 0 aliphatic carbocycles. The molecule has 0 atom stereocenters. The molecule has 0 aromatic heterocycles. The van der Waals surface area contributed by atoms with Crippen LogP contribution in [0, 0.1) is 6.92 Å². The van der Waals surface area contributed by atoms with Crippen LogP contribution >= 0.6 is 15.9 Å². The summed E-state index contributed by atoms with van der Waals surface area (Å²) in [5.41, 5.74) is 8.50. The molecule has 0 heterocycles. The number of hydrogen-bond acceptors (Lipinski definition) is 3. The van der Waals surface area contributed by atoms with E-state index >= 15 is 0 Å². The number of methoxy groups -OCH3 is 1. The number of halogens is 1. The highest BCUT2D eigenvalue weighted by Crippen LogP contribution is 2.26. The van der Waals surface area contributed by atoms with Crippen LogP contribution in [-0.4, -0.2) is 7.11 Å². The van der Waals surface area contributed by atoms with E-state index in [-0.39, 0.29) is 0 Å². The molecule has 0 aliphatic heterocycles. The molecule has 19 heavy (non-hydrogen) atoms. The molecule has 0 unspecified atom stereocenters. The zero-order valence-corrected chi connectivity index (χ0v) is 12.5. The van der Waals surface area contributed by atoms with E-state index < -0.39 is 0 Å². The van der Waals surface area contributed by atoms with Gasteiger partial charge in [-0.15, -0.1) is 0 Å². The summed E-state index contributed by atoms with van der Waals surface area (Å²) >= 11 is 3.43. The van der Waals surface area contributed by atoms with Crippen molar-refractivity contribution in [2.24, 2.45) is 0 Å². The Bertz CT molecular complexity index is 584. The molecule has 3 nitrogen and oxygen atoms in total. The Morgan fingerprint density at radius 2 is 1.84 bits per heavy atom. The minimum absolute atomic E-state index is 0.427. The predicted molar refractivity (Wildman–Crippen MR) is 80.6 cm³/mol. The first kappa shape index (κ1) is 13.7. The average molecular weight is 322 g/mol. The zero-order chi connectivity index (χ0) is 13.8. The molecule has 0 spiro atoms. The Hall–Kier alpha value is -1.68. The van der Waals surface area contributed by atoms with Gasteiger partial charge in [0.25, 0.3) is 0 Å². The first-order valence-electron chi connectivity index (χ1n) is 5.91. The Kier molecular flexibility index (Phi) is 4.32. The summed E-state index contributed by atoms with van der Waals surface area (Å²) in [4.78, 5) is 0. The maximum Gasteiger partial charge on any atom is 0.125 e. The molecule has 0 saturated carbocycles. The van der Waals surface area contributed by atoms with E-state index in [1.165, 1.54) is 0 Å². The van der Waals surface area contributed by atoms with Crippen molar-refractivity contribution in [2.75, 3.05) is 12.8 Å². The van der Waals surface area contributed by atoms with Gasteiger partial charge in [-0.2, -0.15) is 0 Å².